The molecule has 2 aromatic carbocycles. The summed E-state index contributed by atoms with van der Waals surface area (Å²) >= 11 is 9.82. The van der Waals surface area contributed by atoms with Crippen molar-refractivity contribution in [2.75, 3.05) is 0 Å². The predicted molar refractivity (Wildman–Crippen MR) is 85.6 cm³/mol. The van der Waals surface area contributed by atoms with E-state index in [4.69, 9.17) is 11.6 Å². The van der Waals surface area contributed by atoms with Crippen LogP contribution in [0.15, 0.2) is 53.0 Å². The van der Waals surface area contributed by atoms with Crippen LogP contribution in [0, 0.1) is 0 Å². The van der Waals surface area contributed by atoms with Crippen LogP contribution in [0.5, 0.6) is 0 Å². The average molecular weight is 339 g/mol. The molecule has 0 bridgehead atoms. The van der Waals surface area contributed by atoms with Gasteiger partial charge >= 0.3 is 0 Å². The molecule has 0 fully saturated rings. The Labute approximate surface area is 128 Å². The first-order valence-electron chi connectivity index (χ1n) is 6.34. The van der Waals surface area contributed by atoms with E-state index in [9.17, 15) is 0 Å². The van der Waals surface area contributed by atoms with Gasteiger partial charge in [-0.15, -0.1) is 0 Å². The summed E-state index contributed by atoms with van der Waals surface area (Å²) in [5.41, 5.74) is 2.38. The number of halogens is 2. The van der Waals surface area contributed by atoms with E-state index in [1.165, 1.54) is 5.56 Å². The summed E-state index contributed by atoms with van der Waals surface area (Å²) in [7, 11) is 0. The molecule has 0 aliphatic heterocycles. The minimum absolute atomic E-state index is 0.204. The van der Waals surface area contributed by atoms with E-state index in [1.807, 2.05) is 24.3 Å². The Bertz CT molecular complexity index is 506. The van der Waals surface area contributed by atoms with Crippen molar-refractivity contribution in [3.05, 3.63) is 69.2 Å². The molecule has 0 radical (unpaired) electrons. The maximum Gasteiger partial charge on any atom is 0.0453 e. The zero-order valence-electron chi connectivity index (χ0n) is 11.0. The summed E-state index contributed by atoms with van der Waals surface area (Å²) in [6.07, 6.45) is 0. The van der Waals surface area contributed by atoms with Gasteiger partial charge in [0.2, 0.25) is 0 Å². The van der Waals surface area contributed by atoms with Gasteiger partial charge in [-0.3, -0.25) is 0 Å². The molecule has 2 rings (SSSR count). The van der Waals surface area contributed by atoms with Crippen LogP contribution in [-0.4, -0.2) is 0 Å². The van der Waals surface area contributed by atoms with Gasteiger partial charge < -0.3 is 5.32 Å². The topological polar surface area (TPSA) is 12.0 Å². The van der Waals surface area contributed by atoms with Gasteiger partial charge in [0.15, 0.2) is 0 Å². The summed E-state index contributed by atoms with van der Waals surface area (Å²) < 4.78 is 1.13. The van der Waals surface area contributed by atoms with Crippen LogP contribution in [0.4, 0.5) is 0 Å². The Hall–Kier alpha value is -0.830. The fraction of sp³-hybridized carbons (Fsp3) is 0.250. The lowest BCUT2D eigenvalue weighted by atomic mass is 10.0. The molecule has 0 heterocycles. The molecule has 3 heteroatoms. The molecule has 1 unspecified atom stereocenters. The number of hydrogen-bond acceptors (Lipinski definition) is 1. The van der Waals surface area contributed by atoms with E-state index >= 15 is 0 Å². The van der Waals surface area contributed by atoms with E-state index in [-0.39, 0.29) is 12.1 Å². The molecule has 0 aromatic heterocycles. The molecular formula is C16H17BrClN. The van der Waals surface area contributed by atoms with Crippen molar-refractivity contribution >= 4 is 27.5 Å². The van der Waals surface area contributed by atoms with E-state index in [0.717, 1.165) is 15.1 Å². The van der Waals surface area contributed by atoms with Crippen LogP contribution in [0.2, 0.25) is 5.02 Å². The maximum absolute atomic E-state index is 6.23. The summed E-state index contributed by atoms with van der Waals surface area (Å²) in [6, 6.07) is 16.7. The lowest BCUT2D eigenvalue weighted by Crippen LogP contribution is -2.23. The molecule has 0 saturated heterocycles. The summed E-state index contributed by atoms with van der Waals surface area (Å²) in [4.78, 5) is 0. The Morgan fingerprint density at radius 2 is 1.42 bits per heavy atom. The van der Waals surface area contributed by atoms with Crippen molar-refractivity contribution in [3.8, 4) is 0 Å². The number of hydrogen-bond donors (Lipinski definition) is 1. The highest BCUT2D eigenvalue weighted by Gasteiger charge is 2.14. The van der Waals surface area contributed by atoms with E-state index in [1.54, 1.807) is 0 Å². The minimum Gasteiger partial charge on any atom is -0.304 e. The van der Waals surface area contributed by atoms with Gasteiger partial charge in [0.25, 0.3) is 0 Å². The van der Waals surface area contributed by atoms with Gasteiger partial charge in [-0.1, -0.05) is 63.9 Å². The zero-order valence-corrected chi connectivity index (χ0v) is 13.4. The lowest BCUT2D eigenvalue weighted by Gasteiger charge is -2.22. The monoisotopic (exact) mass is 337 g/mol. The minimum atomic E-state index is 0.204. The van der Waals surface area contributed by atoms with Crippen molar-refractivity contribution in [1.82, 2.24) is 5.32 Å². The van der Waals surface area contributed by atoms with Gasteiger partial charge in [0, 0.05) is 21.6 Å². The second kappa shape index (κ2) is 6.56. The Morgan fingerprint density at radius 3 is 2.05 bits per heavy atom. The molecule has 0 amide bonds. The van der Waals surface area contributed by atoms with Crippen LogP contribution in [0.1, 0.15) is 37.1 Å². The fourth-order valence-corrected chi connectivity index (χ4v) is 3.13. The summed E-state index contributed by atoms with van der Waals surface area (Å²) in [6.45, 7) is 4.29. The molecule has 100 valence electrons. The molecule has 0 saturated carbocycles. The average Bonchev–Trinajstić information content (AvgIpc) is 2.39. The molecule has 0 spiro atoms. The first kappa shape index (κ1) is 14.6. The molecule has 1 nitrogen and oxygen atoms in total. The molecular weight excluding hydrogens is 322 g/mol. The molecule has 0 aliphatic rings. The van der Waals surface area contributed by atoms with Gasteiger partial charge in [0.1, 0.15) is 0 Å². The van der Waals surface area contributed by atoms with Crippen LogP contribution in [0.3, 0.4) is 0 Å². The Balaban J connectivity index is 2.13. The van der Waals surface area contributed by atoms with Crippen LogP contribution < -0.4 is 5.32 Å². The Morgan fingerprint density at radius 1 is 0.895 bits per heavy atom. The summed E-state index contributed by atoms with van der Waals surface area (Å²) in [5.74, 6) is 0. The van der Waals surface area contributed by atoms with Crippen molar-refractivity contribution in [3.63, 3.8) is 0 Å². The second-order valence-corrected chi connectivity index (χ2v) is 5.91. The van der Waals surface area contributed by atoms with Crippen molar-refractivity contribution in [2.24, 2.45) is 0 Å². The van der Waals surface area contributed by atoms with E-state index in [2.05, 4.69) is 59.4 Å². The third-order valence-electron chi connectivity index (χ3n) is 3.24. The highest BCUT2D eigenvalue weighted by Crippen LogP contribution is 2.27. The lowest BCUT2D eigenvalue weighted by molar-refractivity contribution is 0.493. The van der Waals surface area contributed by atoms with E-state index in [0.29, 0.717) is 0 Å². The van der Waals surface area contributed by atoms with Crippen LogP contribution in [0.25, 0.3) is 0 Å². The van der Waals surface area contributed by atoms with Crippen LogP contribution >= 0.6 is 27.5 Å². The maximum atomic E-state index is 6.23. The van der Waals surface area contributed by atoms with Crippen molar-refractivity contribution < 1.29 is 0 Å². The quantitative estimate of drug-likeness (QED) is 0.774. The standard InChI is InChI=1S/C16H17BrClN/c1-11(13-7-3-5-9-15(13)17)19-12(2)14-8-4-6-10-16(14)18/h3-12,19H,1-2H3/t11-,12?/m1/s1. The second-order valence-electron chi connectivity index (χ2n) is 4.65. The third kappa shape index (κ3) is 3.59. The molecule has 2 aromatic rings. The van der Waals surface area contributed by atoms with Gasteiger partial charge in [-0.05, 0) is 37.1 Å². The van der Waals surface area contributed by atoms with Crippen LogP contribution in [-0.2, 0) is 0 Å². The molecule has 0 aliphatic carbocycles. The highest BCUT2D eigenvalue weighted by atomic mass is 79.9. The number of nitrogens with one attached hydrogen (secondary N) is 1. The first-order valence-corrected chi connectivity index (χ1v) is 7.51. The number of rotatable bonds is 4. The van der Waals surface area contributed by atoms with Gasteiger partial charge in [0.05, 0.1) is 0 Å². The molecule has 19 heavy (non-hydrogen) atoms. The van der Waals surface area contributed by atoms with Gasteiger partial charge in [-0.2, -0.15) is 0 Å². The zero-order chi connectivity index (χ0) is 13.8. The van der Waals surface area contributed by atoms with Crippen molar-refractivity contribution in [2.45, 2.75) is 25.9 Å². The molecule has 1 N–H and O–H groups in total. The van der Waals surface area contributed by atoms with Crippen molar-refractivity contribution in [1.29, 1.82) is 0 Å². The van der Waals surface area contributed by atoms with E-state index < -0.39 is 0 Å². The SMILES string of the molecule is CC(N[C@H](C)c1ccccc1Br)c1ccccc1Cl. The van der Waals surface area contributed by atoms with Gasteiger partial charge in [-0.25, -0.2) is 0 Å². The Kier molecular flexibility index (Phi) is 5.03. The normalized spacial score (nSPS) is 14.1. The summed E-state index contributed by atoms with van der Waals surface area (Å²) in [5, 5.41) is 4.39. The molecule has 2 atom stereocenters. The predicted octanol–water partition coefficient (Wildman–Crippen LogP) is 5.51. The smallest absolute Gasteiger partial charge is 0.0453 e. The highest BCUT2D eigenvalue weighted by molar-refractivity contribution is 9.10. The first-order chi connectivity index (χ1) is 9.09. The number of benzene rings is 2. The fourth-order valence-electron chi connectivity index (χ4n) is 2.21. The largest absolute Gasteiger partial charge is 0.304 e. The third-order valence-corrected chi connectivity index (χ3v) is 4.31.